The zero-order chi connectivity index (χ0) is 15.0. The summed E-state index contributed by atoms with van der Waals surface area (Å²) >= 11 is 1.35. The van der Waals surface area contributed by atoms with Gasteiger partial charge in [0.2, 0.25) is 0 Å². The fraction of sp³-hybridized carbons (Fsp3) is 0.143. The number of amides is 1. The van der Waals surface area contributed by atoms with Crippen LogP contribution in [0.1, 0.15) is 20.8 Å². The van der Waals surface area contributed by atoms with Crippen molar-refractivity contribution in [1.29, 1.82) is 0 Å². The molecule has 0 atom stereocenters. The van der Waals surface area contributed by atoms with E-state index in [1.165, 1.54) is 21.9 Å². The molecule has 0 aliphatic carbocycles. The Morgan fingerprint density at radius 1 is 1.24 bits per heavy atom. The van der Waals surface area contributed by atoms with Gasteiger partial charge in [-0.15, -0.1) is 11.3 Å². The molecule has 0 aliphatic heterocycles. The molecule has 1 N–H and O–H groups in total. The molecule has 0 aliphatic rings. The summed E-state index contributed by atoms with van der Waals surface area (Å²) < 4.78 is 1.37. The Morgan fingerprint density at radius 2 is 2.05 bits per heavy atom. The van der Waals surface area contributed by atoms with Gasteiger partial charge in [0.1, 0.15) is 11.2 Å². The van der Waals surface area contributed by atoms with Crippen LogP contribution in [-0.4, -0.2) is 20.3 Å². The van der Waals surface area contributed by atoms with E-state index >= 15 is 0 Å². The summed E-state index contributed by atoms with van der Waals surface area (Å²) in [6, 6.07) is 3.60. The van der Waals surface area contributed by atoms with E-state index in [4.69, 9.17) is 0 Å². The summed E-state index contributed by atoms with van der Waals surface area (Å²) in [4.78, 5) is 33.7. The largest absolute Gasteiger partial charge is 0.298 e. The minimum atomic E-state index is -0.502. The minimum Gasteiger partial charge on any atom is -0.298 e. The molecule has 0 bridgehead atoms. The smallest absolute Gasteiger partial charge is 0.270 e. The zero-order valence-corrected chi connectivity index (χ0v) is 12.3. The molecule has 0 saturated carbocycles. The summed E-state index contributed by atoms with van der Waals surface area (Å²) in [5.41, 5.74) is 1.02. The highest BCUT2D eigenvalue weighted by Gasteiger charge is 2.14. The second-order valence-electron chi connectivity index (χ2n) is 4.64. The number of aryl methyl sites for hydroxylation is 2. The Bertz CT molecular complexity index is 897. The Labute approximate surface area is 124 Å². The first-order chi connectivity index (χ1) is 10.0. The normalized spacial score (nSPS) is 10.8. The summed E-state index contributed by atoms with van der Waals surface area (Å²) in [6.45, 7) is 3.76. The molecule has 0 fully saturated rings. The molecule has 3 heterocycles. The van der Waals surface area contributed by atoms with E-state index in [1.807, 2.05) is 19.9 Å². The van der Waals surface area contributed by atoms with Gasteiger partial charge in [-0.3, -0.25) is 19.3 Å². The van der Waals surface area contributed by atoms with E-state index < -0.39 is 11.5 Å². The average Bonchev–Trinajstić information content (AvgIpc) is 2.85. The lowest BCUT2D eigenvalue weighted by Crippen LogP contribution is -2.26. The SMILES string of the molecule is Cc1ccc2ncc(C(=O)Nc3ncc(C)s3)c(=O)n2c1. The molecule has 3 aromatic heterocycles. The van der Waals surface area contributed by atoms with Crippen molar-refractivity contribution in [2.75, 3.05) is 5.32 Å². The lowest BCUT2D eigenvalue weighted by atomic mass is 10.3. The average molecular weight is 300 g/mol. The van der Waals surface area contributed by atoms with Gasteiger partial charge >= 0.3 is 0 Å². The van der Waals surface area contributed by atoms with Crippen molar-refractivity contribution < 1.29 is 4.79 Å². The number of pyridine rings is 1. The third-order valence-electron chi connectivity index (χ3n) is 2.94. The first-order valence-corrected chi connectivity index (χ1v) is 7.08. The molecule has 3 aromatic rings. The standard InChI is InChI=1S/C14H12N4O2S/c1-8-3-4-11-15-6-10(13(20)18(11)7-8)12(19)17-14-16-5-9(2)21-14/h3-7H,1-2H3,(H,16,17,19). The topological polar surface area (TPSA) is 76.4 Å². The van der Waals surface area contributed by atoms with Crippen LogP contribution in [-0.2, 0) is 0 Å². The zero-order valence-electron chi connectivity index (χ0n) is 11.5. The number of rotatable bonds is 2. The molecular weight excluding hydrogens is 288 g/mol. The van der Waals surface area contributed by atoms with Gasteiger partial charge in [0.25, 0.3) is 11.5 Å². The van der Waals surface area contributed by atoms with Crippen LogP contribution in [0.25, 0.3) is 5.65 Å². The maximum Gasteiger partial charge on any atom is 0.270 e. The third-order valence-corrected chi connectivity index (χ3v) is 3.76. The summed E-state index contributed by atoms with van der Waals surface area (Å²) in [5.74, 6) is -0.502. The Morgan fingerprint density at radius 3 is 2.76 bits per heavy atom. The molecule has 0 aromatic carbocycles. The number of carbonyl (C=O) groups excluding carboxylic acids is 1. The van der Waals surface area contributed by atoms with Gasteiger partial charge in [-0.05, 0) is 25.5 Å². The maximum absolute atomic E-state index is 12.4. The maximum atomic E-state index is 12.4. The third kappa shape index (κ3) is 2.55. The van der Waals surface area contributed by atoms with Crippen LogP contribution in [0.2, 0.25) is 0 Å². The van der Waals surface area contributed by atoms with Crippen molar-refractivity contribution in [3.8, 4) is 0 Å². The molecule has 0 radical (unpaired) electrons. The molecule has 7 heteroatoms. The summed E-state index contributed by atoms with van der Waals surface area (Å²) in [5, 5.41) is 3.08. The molecule has 0 saturated heterocycles. The summed E-state index contributed by atoms with van der Waals surface area (Å²) in [6.07, 6.45) is 4.62. The predicted molar refractivity (Wildman–Crippen MR) is 81.0 cm³/mol. The van der Waals surface area contributed by atoms with Crippen molar-refractivity contribution in [2.24, 2.45) is 0 Å². The van der Waals surface area contributed by atoms with Crippen LogP contribution >= 0.6 is 11.3 Å². The Balaban J connectivity index is 2.02. The van der Waals surface area contributed by atoms with Crippen molar-refractivity contribution in [3.63, 3.8) is 0 Å². The van der Waals surface area contributed by atoms with Gasteiger partial charge in [0.05, 0.1) is 0 Å². The number of hydrogen-bond acceptors (Lipinski definition) is 5. The van der Waals surface area contributed by atoms with Crippen LogP contribution in [0.5, 0.6) is 0 Å². The highest BCUT2D eigenvalue weighted by molar-refractivity contribution is 7.15. The van der Waals surface area contributed by atoms with E-state index in [0.717, 1.165) is 10.4 Å². The number of hydrogen-bond donors (Lipinski definition) is 1. The van der Waals surface area contributed by atoms with Crippen LogP contribution in [0.4, 0.5) is 5.13 Å². The van der Waals surface area contributed by atoms with Crippen LogP contribution in [0, 0.1) is 13.8 Å². The van der Waals surface area contributed by atoms with E-state index in [2.05, 4.69) is 15.3 Å². The molecule has 0 unspecified atom stereocenters. The Hall–Kier alpha value is -2.54. The molecular formula is C14H12N4O2S. The molecule has 106 valence electrons. The van der Waals surface area contributed by atoms with Crippen molar-refractivity contribution in [2.45, 2.75) is 13.8 Å². The van der Waals surface area contributed by atoms with Gasteiger partial charge in [0.15, 0.2) is 5.13 Å². The second kappa shape index (κ2) is 5.10. The Kier molecular flexibility index (Phi) is 3.26. The molecule has 3 rings (SSSR count). The monoisotopic (exact) mass is 300 g/mol. The molecule has 21 heavy (non-hydrogen) atoms. The van der Waals surface area contributed by atoms with Crippen molar-refractivity contribution >= 4 is 28.0 Å². The number of nitrogens with zero attached hydrogens (tertiary/aromatic N) is 3. The lowest BCUT2D eigenvalue weighted by molar-refractivity contribution is 0.102. The van der Waals surface area contributed by atoms with Crippen LogP contribution < -0.4 is 10.9 Å². The number of thiazole rings is 1. The van der Waals surface area contributed by atoms with Gasteiger partial charge in [-0.2, -0.15) is 0 Å². The van der Waals surface area contributed by atoms with E-state index in [0.29, 0.717) is 10.8 Å². The van der Waals surface area contributed by atoms with Crippen LogP contribution in [0.15, 0.2) is 35.5 Å². The van der Waals surface area contributed by atoms with Crippen molar-refractivity contribution in [1.82, 2.24) is 14.4 Å². The van der Waals surface area contributed by atoms with Gasteiger partial charge < -0.3 is 0 Å². The highest BCUT2D eigenvalue weighted by atomic mass is 32.1. The fourth-order valence-electron chi connectivity index (χ4n) is 1.92. The lowest BCUT2D eigenvalue weighted by Gasteiger charge is -2.04. The van der Waals surface area contributed by atoms with Gasteiger partial charge in [-0.1, -0.05) is 6.07 Å². The molecule has 6 nitrogen and oxygen atoms in total. The number of nitrogens with one attached hydrogen (secondary N) is 1. The minimum absolute atomic E-state index is 0.00838. The number of anilines is 1. The number of fused-ring (bicyclic) bond motifs is 1. The summed E-state index contributed by atoms with van der Waals surface area (Å²) in [7, 11) is 0. The molecule has 1 amide bonds. The van der Waals surface area contributed by atoms with Gasteiger partial charge in [0, 0.05) is 23.5 Å². The van der Waals surface area contributed by atoms with Crippen LogP contribution in [0.3, 0.4) is 0 Å². The van der Waals surface area contributed by atoms with E-state index in [9.17, 15) is 9.59 Å². The quantitative estimate of drug-likeness (QED) is 0.785. The highest BCUT2D eigenvalue weighted by Crippen LogP contribution is 2.16. The second-order valence-corrected chi connectivity index (χ2v) is 5.88. The van der Waals surface area contributed by atoms with Gasteiger partial charge in [-0.25, -0.2) is 9.97 Å². The first-order valence-electron chi connectivity index (χ1n) is 6.26. The van der Waals surface area contributed by atoms with E-state index in [1.54, 1.807) is 18.5 Å². The van der Waals surface area contributed by atoms with Crippen molar-refractivity contribution in [3.05, 3.63) is 57.1 Å². The number of aromatic nitrogens is 3. The number of carbonyl (C=O) groups is 1. The first kappa shape index (κ1) is 13.4. The fourth-order valence-corrected chi connectivity index (χ4v) is 2.57. The van der Waals surface area contributed by atoms with E-state index in [-0.39, 0.29) is 5.56 Å². The molecule has 0 spiro atoms. The predicted octanol–water partition coefficient (Wildman–Crippen LogP) is 2.02.